The number of nitrogens with one attached hydrogen (secondary N) is 2. The molecule has 1 aliphatic heterocycles. The quantitative estimate of drug-likeness (QED) is 0.589. The summed E-state index contributed by atoms with van der Waals surface area (Å²) in [4.78, 5) is 11.9. The van der Waals surface area contributed by atoms with E-state index in [1.807, 2.05) is 0 Å². The average molecular weight is 270 g/mol. The number of hydrogen-bond donors (Lipinski definition) is 4. The fourth-order valence-electron chi connectivity index (χ4n) is 2.86. The lowest BCUT2D eigenvalue weighted by atomic mass is 9.71. The third-order valence-corrected chi connectivity index (χ3v) is 4.55. The highest BCUT2D eigenvalue weighted by atomic mass is 16.3. The number of aliphatic hydroxyl groups excluding tert-OH is 1. The highest BCUT2D eigenvalue weighted by Gasteiger charge is 2.37. The van der Waals surface area contributed by atoms with E-state index in [0.717, 1.165) is 25.7 Å². The van der Waals surface area contributed by atoms with E-state index in [4.69, 9.17) is 0 Å². The second-order valence-corrected chi connectivity index (χ2v) is 6.96. The molecule has 5 heteroatoms. The van der Waals surface area contributed by atoms with Crippen molar-refractivity contribution >= 4 is 5.91 Å². The summed E-state index contributed by atoms with van der Waals surface area (Å²) in [5, 5.41) is 25.6. The maximum absolute atomic E-state index is 11.9. The highest BCUT2D eigenvalue weighted by molar-refractivity contribution is 5.82. The van der Waals surface area contributed by atoms with Crippen molar-refractivity contribution in [1.29, 1.82) is 0 Å². The summed E-state index contributed by atoms with van der Waals surface area (Å²) in [5.41, 5.74) is -0.463. The molecule has 5 nitrogen and oxygen atoms in total. The first-order chi connectivity index (χ1) is 8.80. The van der Waals surface area contributed by atoms with Gasteiger partial charge in [0.25, 0.3) is 0 Å². The van der Waals surface area contributed by atoms with Gasteiger partial charge in [0.15, 0.2) is 0 Å². The van der Waals surface area contributed by atoms with Crippen molar-refractivity contribution in [2.24, 2.45) is 5.41 Å². The topological polar surface area (TPSA) is 81.6 Å². The molecular formula is C14H26N2O3. The molecule has 0 aromatic heterocycles. The molecule has 2 unspecified atom stereocenters. The lowest BCUT2D eigenvalue weighted by Gasteiger charge is -2.40. The van der Waals surface area contributed by atoms with Crippen molar-refractivity contribution in [2.45, 2.75) is 63.7 Å². The predicted octanol–water partition coefficient (Wildman–Crippen LogP) is 0.157. The van der Waals surface area contributed by atoms with Gasteiger partial charge in [0.1, 0.15) is 0 Å². The van der Waals surface area contributed by atoms with E-state index < -0.39 is 11.7 Å². The molecule has 1 saturated heterocycles. The molecule has 2 rings (SSSR count). The molecule has 0 bridgehead atoms. The summed E-state index contributed by atoms with van der Waals surface area (Å²) in [6, 6.07) is -0.321. The van der Waals surface area contributed by atoms with E-state index in [2.05, 4.69) is 24.5 Å². The van der Waals surface area contributed by atoms with Crippen LogP contribution in [0.3, 0.4) is 0 Å². The first kappa shape index (κ1) is 14.8. The third-order valence-electron chi connectivity index (χ3n) is 4.55. The maximum atomic E-state index is 11.9. The fourth-order valence-corrected chi connectivity index (χ4v) is 2.86. The van der Waals surface area contributed by atoms with Gasteiger partial charge in [-0.15, -0.1) is 0 Å². The van der Waals surface area contributed by atoms with Gasteiger partial charge >= 0.3 is 0 Å². The molecule has 0 spiro atoms. The van der Waals surface area contributed by atoms with Crippen LogP contribution in [0.5, 0.6) is 0 Å². The molecule has 0 aromatic rings. The molecule has 2 atom stereocenters. The van der Waals surface area contributed by atoms with Crippen molar-refractivity contribution in [3.8, 4) is 0 Å². The van der Waals surface area contributed by atoms with Gasteiger partial charge in [-0.1, -0.05) is 13.8 Å². The third kappa shape index (κ3) is 3.91. The Kier molecular flexibility index (Phi) is 4.18. The normalized spacial score (nSPS) is 33.1. The minimum Gasteiger partial charge on any atom is -0.392 e. The second-order valence-electron chi connectivity index (χ2n) is 6.96. The van der Waals surface area contributed by atoms with E-state index in [0.29, 0.717) is 24.9 Å². The largest absolute Gasteiger partial charge is 0.392 e. The fraction of sp³-hybridized carbons (Fsp3) is 0.929. The van der Waals surface area contributed by atoms with Crippen LogP contribution in [-0.2, 0) is 4.79 Å². The minimum absolute atomic E-state index is 0.116. The van der Waals surface area contributed by atoms with Gasteiger partial charge in [-0.2, -0.15) is 0 Å². The van der Waals surface area contributed by atoms with Gasteiger partial charge in [-0.3, -0.25) is 4.79 Å². The molecule has 0 aromatic carbocycles. The van der Waals surface area contributed by atoms with Gasteiger partial charge < -0.3 is 20.8 Å². The zero-order valence-corrected chi connectivity index (χ0v) is 11.9. The molecule has 4 N–H and O–H groups in total. The zero-order valence-electron chi connectivity index (χ0n) is 11.9. The first-order valence-electron chi connectivity index (χ1n) is 7.21. The first-order valence-corrected chi connectivity index (χ1v) is 7.21. The SMILES string of the molecule is CC1(C)CCC(O)(CNC(=O)C2CC(O)CN2)CC1. The molecule has 0 radical (unpaired) electrons. The van der Waals surface area contributed by atoms with E-state index in [-0.39, 0.29) is 11.9 Å². The Hall–Kier alpha value is -0.650. The molecule has 1 saturated carbocycles. The van der Waals surface area contributed by atoms with Crippen molar-refractivity contribution < 1.29 is 15.0 Å². The number of rotatable bonds is 3. The molecule has 110 valence electrons. The molecule has 2 fully saturated rings. The molecule has 2 aliphatic rings. The van der Waals surface area contributed by atoms with E-state index in [9.17, 15) is 15.0 Å². The Bertz CT molecular complexity index is 334. The van der Waals surface area contributed by atoms with Crippen LogP contribution >= 0.6 is 0 Å². The van der Waals surface area contributed by atoms with E-state index in [1.165, 1.54) is 0 Å². The number of aliphatic hydroxyl groups is 2. The summed E-state index contributed by atoms with van der Waals surface area (Å²) in [6.45, 7) is 5.22. The summed E-state index contributed by atoms with van der Waals surface area (Å²) in [7, 11) is 0. The summed E-state index contributed by atoms with van der Waals surface area (Å²) < 4.78 is 0. The molecular weight excluding hydrogens is 244 g/mol. The van der Waals surface area contributed by atoms with Crippen LogP contribution < -0.4 is 10.6 Å². The van der Waals surface area contributed by atoms with E-state index in [1.54, 1.807) is 0 Å². The van der Waals surface area contributed by atoms with Crippen molar-refractivity contribution in [3.05, 3.63) is 0 Å². The number of carbonyl (C=O) groups excluding carboxylic acids is 1. The van der Waals surface area contributed by atoms with Gasteiger partial charge in [0.2, 0.25) is 5.91 Å². The van der Waals surface area contributed by atoms with Crippen molar-refractivity contribution in [3.63, 3.8) is 0 Å². The molecule has 19 heavy (non-hydrogen) atoms. The monoisotopic (exact) mass is 270 g/mol. The standard InChI is InChI=1S/C14H26N2O3/c1-13(2)3-5-14(19,6-4-13)9-16-12(18)11-7-10(17)8-15-11/h10-11,15,17,19H,3-9H2,1-2H3,(H,16,18). The maximum Gasteiger partial charge on any atom is 0.237 e. The van der Waals surface area contributed by atoms with Crippen LogP contribution in [0.15, 0.2) is 0 Å². The van der Waals surface area contributed by atoms with Crippen LogP contribution in [0.25, 0.3) is 0 Å². The van der Waals surface area contributed by atoms with Gasteiger partial charge in [-0.25, -0.2) is 0 Å². The Morgan fingerprint density at radius 1 is 1.32 bits per heavy atom. The average Bonchev–Trinajstić information content (AvgIpc) is 2.78. The number of amides is 1. The highest BCUT2D eigenvalue weighted by Crippen LogP contribution is 2.39. The van der Waals surface area contributed by atoms with Crippen LogP contribution in [0.4, 0.5) is 0 Å². The van der Waals surface area contributed by atoms with Crippen LogP contribution in [0, 0.1) is 5.41 Å². The van der Waals surface area contributed by atoms with Crippen molar-refractivity contribution in [1.82, 2.24) is 10.6 Å². The van der Waals surface area contributed by atoms with Crippen LogP contribution in [0.1, 0.15) is 46.0 Å². The van der Waals surface area contributed by atoms with Gasteiger partial charge in [-0.05, 0) is 37.5 Å². The predicted molar refractivity (Wildman–Crippen MR) is 72.6 cm³/mol. The molecule has 1 heterocycles. The Labute approximate surface area is 114 Å². The molecule has 1 aliphatic carbocycles. The molecule has 1 amide bonds. The lowest BCUT2D eigenvalue weighted by Crippen LogP contribution is -2.50. The summed E-state index contributed by atoms with van der Waals surface area (Å²) in [6.07, 6.45) is 3.47. The Morgan fingerprint density at radius 2 is 1.95 bits per heavy atom. The summed E-state index contributed by atoms with van der Waals surface area (Å²) in [5.74, 6) is -0.116. The lowest BCUT2D eigenvalue weighted by molar-refractivity contribution is -0.124. The second kappa shape index (κ2) is 5.38. The summed E-state index contributed by atoms with van der Waals surface area (Å²) >= 11 is 0. The zero-order chi connectivity index (χ0) is 14.1. The Balaban J connectivity index is 1.77. The number of hydrogen-bond acceptors (Lipinski definition) is 4. The number of carbonyl (C=O) groups is 1. The van der Waals surface area contributed by atoms with Gasteiger partial charge in [0, 0.05) is 13.1 Å². The minimum atomic E-state index is -0.762. The Morgan fingerprint density at radius 3 is 2.47 bits per heavy atom. The van der Waals surface area contributed by atoms with Crippen LogP contribution in [-0.4, -0.2) is 47.0 Å². The van der Waals surface area contributed by atoms with Gasteiger partial charge in [0.05, 0.1) is 17.7 Å². The van der Waals surface area contributed by atoms with Crippen LogP contribution in [0.2, 0.25) is 0 Å². The number of β-amino-alcohol motifs (C(OH)–C–C–N with tert-alkyl or cyclic N) is 1. The smallest absolute Gasteiger partial charge is 0.237 e. The van der Waals surface area contributed by atoms with Crippen molar-refractivity contribution in [2.75, 3.05) is 13.1 Å². The van der Waals surface area contributed by atoms with E-state index >= 15 is 0 Å².